The normalized spacial score (nSPS) is 11.9. The van der Waals surface area contributed by atoms with Gasteiger partial charge in [-0.25, -0.2) is 4.79 Å². The summed E-state index contributed by atoms with van der Waals surface area (Å²) in [5, 5.41) is 13.5. The number of hydrogen-bond donors (Lipinski definition) is 2. The summed E-state index contributed by atoms with van der Waals surface area (Å²) in [4.78, 5) is 24.9. The molecule has 3 aromatic rings. The molecule has 1 heterocycles. The van der Waals surface area contributed by atoms with Crippen molar-refractivity contribution in [2.45, 2.75) is 19.4 Å². The molecular weight excluding hydrogens is 374 g/mol. The smallest absolute Gasteiger partial charge is 0.340 e. The summed E-state index contributed by atoms with van der Waals surface area (Å²) in [6, 6.07) is 12.5. The molecule has 2 aromatic carbocycles. The van der Waals surface area contributed by atoms with E-state index < -0.39 is 11.7 Å². The molecule has 1 amide bonds. The third-order valence-electron chi connectivity index (χ3n) is 4.81. The maximum atomic E-state index is 12.5. The molecule has 0 spiro atoms. The molecule has 0 saturated heterocycles. The van der Waals surface area contributed by atoms with Crippen LogP contribution in [0.2, 0.25) is 0 Å². The van der Waals surface area contributed by atoms with Gasteiger partial charge in [0.15, 0.2) is 11.3 Å². The summed E-state index contributed by atoms with van der Waals surface area (Å²) in [5.41, 5.74) is 1.26. The molecule has 0 saturated carbocycles. The lowest BCUT2D eigenvalue weighted by molar-refractivity contribution is -0.120. The third kappa shape index (κ3) is 4.25. The zero-order valence-electron chi connectivity index (χ0n) is 16.5. The van der Waals surface area contributed by atoms with Crippen molar-refractivity contribution in [2.24, 2.45) is 0 Å². The van der Waals surface area contributed by atoms with Crippen molar-refractivity contribution in [1.82, 2.24) is 5.32 Å². The van der Waals surface area contributed by atoms with Crippen LogP contribution < -0.4 is 20.4 Å². The van der Waals surface area contributed by atoms with Crippen LogP contribution in [0.5, 0.6) is 11.5 Å². The average Bonchev–Trinajstić information content (AvgIpc) is 2.74. The molecule has 7 heteroatoms. The molecule has 29 heavy (non-hydrogen) atoms. The second kappa shape index (κ2) is 8.79. The lowest BCUT2D eigenvalue weighted by atomic mass is 10.0. The lowest BCUT2D eigenvalue weighted by Crippen LogP contribution is -2.31. The first-order chi connectivity index (χ1) is 14.0. The van der Waals surface area contributed by atoms with Crippen LogP contribution in [0.15, 0.2) is 51.7 Å². The average molecular weight is 397 g/mol. The van der Waals surface area contributed by atoms with Crippen LogP contribution in [-0.4, -0.2) is 31.8 Å². The Morgan fingerprint density at radius 3 is 2.52 bits per heavy atom. The maximum Gasteiger partial charge on any atom is 0.340 e. The second-order valence-electron chi connectivity index (χ2n) is 6.58. The molecular formula is C22H23NO6. The molecule has 0 bridgehead atoms. The number of carbonyl (C=O) groups is 1. The summed E-state index contributed by atoms with van der Waals surface area (Å²) in [7, 11) is 2.96. The van der Waals surface area contributed by atoms with E-state index in [1.165, 1.54) is 14.2 Å². The van der Waals surface area contributed by atoms with Crippen molar-refractivity contribution in [1.29, 1.82) is 0 Å². The zero-order chi connectivity index (χ0) is 21.0. The van der Waals surface area contributed by atoms with Crippen molar-refractivity contribution in [3.05, 3.63) is 69.6 Å². The summed E-state index contributed by atoms with van der Waals surface area (Å²) >= 11 is 0. The highest BCUT2D eigenvalue weighted by atomic mass is 16.5. The van der Waals surface area contributed by atoms with Gasteiger partial charge in [0.2, 0.25) is 11.7 Å². The number of aryl methyl sites for hydroxylation is 1. The molecule has 0 fully saturated rings. The second-order valence-corrected chi connectivity index (χ2v) is 6.58. The number of ether oxygens (including phenoxy) is 2. The van der Waals surface area contributed by atoms with Gasteiger partial charge in [-0.2, -0.15) is 0 Å². The summed E-state index contributed by atoms with van der Waals surface area (Å²) in [5.74, 6) is 0.394. The maximum absolute atomic E-state index is 12.5. The van der Waals surface area contributed by atoms with E-state index in [0.29, 0.717) is 28.0 Å². The quantitative estimate of drug-likeness (QED) is 0.595. The molecule has 0 aliphatic carbocycles. The van der Waals surface area contributed by atoms with E-state index in [-0.39, 0.29) is 30.0 Å². The van der Waals surface area contributed by atoms with Crippen LogP contribution in [0.25, 0.3) is 11.0 Å². The molecule has 3 rings (SSSR count). The first-order valence-electron chi connectivity index (χ1n) is 9.13. The third-order valence-corrected chi connectivity index (χ3v) is 4.81. The van der Waals surface area contributed by atoms with Gasteiger partial charge in [-0.3, -0.25) is 4.79 Å². The number of methoxy groups -OCH3 is 2. The first-order valence-corrected chi connectivity index (χ1v) is 9.13. The van der Waals surface area contributed by atoms with Crippen molar-refractivity contribution >= 4 is 16.9 Å². The van der Waals surface area contributed by atoms with E-state index in [9.17, 15) is 14.7 Å². The number of nitrogens with one attached hydrogen (secondary N) is 1. The van der Waals surface area contributed by atoms with Gasteiger partial charge in [-0.1, -0.05) is 30.3 Å². The van der Waals surface area contributed by atoms with Gasteiger partial charge in [0, 0.05) is 11.9 Å². The molecule has 0 aliphatic rings. The molecule has 7 nitrogen and oxygen atoms in total. The molecule has 0 unspecified atom stereocenters. The van der Waals surface area contributed by atoms with Gasteiger partial charge < -0.3 is 24.3 Å². The van der Waals surface area contributed by atoms with Crippen LogP contribution in [0.3, 0.4) is 0 Å². The van der Waals surface area contributed by atoms with Crippen molar-refractivity contribution in [3.63, 3.8) is 0 Å². The topological polar surface area (TPSA) is 98.0 Å². The van der Waals surface area contributed by atoms with Crippen LogP contribution in [0.1, 0.15) is 22.8 Å². The Labute approximate surface area is 167 Å². The highest BCUT2D eigenvalue weighted by Gasteiger charge is 2.19. The Kier molecular flexibility index (Phi) is 6.19. The molecule has 1 atom stereocenters. The molecule has 152 valence electrons. The number of aliphatic hydroxyl groups excluding tert-OH is 1. The van der Waals surface area contributed by atoms with Crippen LogP contribution in [0.4, 0.5) is 0 Å². The van der Waals surface area contributed by atoms with E-state index in [4.69, 9.17) is 13.9 Å². The van der Waals surface area contributed by atoms with Gasteiger partial charge in [0.1, 0.15) is 0 Å². The number of hydrogen-bond acceptors (Lipinski definition) is 6. The largest absolute Gasteiger partial charge is 0.493 e. The fraction of sp³-hybridized carbons (Fsp3) is 0.273. The van der Waals surface area contributed by atoms with E-state index >= 15 is 0 Å². The number of benzene rings is 2. The Balaban J connectivity index is 1.81. The predicted octanol–water partition coefficient (Wildman–Crippen LogP) is 2.51. The minimum Gasteiger partial charge on any atom is -0.493 e. The van der Waals surface area contributed by atoms with Gasteiger partial charge in [0.25, 0.3) is 0 Å². The Hall–Kier alpha value is -3.32. The van der Waals surface area contributed by atoms with E-state index in [1.807, 2.05) is 18.2 Å². The van der Waals surface area contributed by atoms with Crippen LogP contribution in [0, 0.1) is 6.92 Å². The van der Waals surface area contributed by atoms with Crippen LogP contribution in [-0.2, 0) is 11.2 Å². The molecule has 0 aliphatic heterocycles. The van der Waals surface area contributed by atoms with Gasteiger partial charge >= 0.3 is 5.63 Å². The van der Waals surface area contributed by atoms with E-state index in [0.717, 1.165) is 0 Å². The number of amides is 1. The van der Waals surface area contributed by atoms with E-state index in [1.54, 1.807) is 31.2 Å². The van der Waals surface area contributed by atoms with Gasteiger partial charge in [-0.15, -0.1) is 0 Å². The number of rotatable bonds is 7. The fourth-order valence-electron chi connectivity index (χ4n) is 3.20. The van der Waals surface area contributed by atoms with Crippen molar-refractivity contribution in [3.8, 4) is 11.5 Å². The highest BCUT2D eigenvalue weighted by Crippen LogP contribution is 2.36. The Morgan fingerprint density at radius 1 is 1.14 bits per heavy atom. The summed E-state index contributed by atoms with van der Waals surface area (Å²) < 4.78 is 16.0. The minimum absolute atomic E-state index is 0.0475. The lowest BCUT2D eigenvalue weighted by Gasteiger charge is -2.14. The van der Waals surface area contributed by atoms with Crippen LogP contribution >= 0.6 is 0 Å². The highest BCUT2D eigenvalue weighted by molar-refractivity contribution is 5.89. The zero-order valence-corrected chi connectivity index (χ0v) is 16.5. The Morgan fingerprint density at radius 2 is 1.86 bits per heavy atom. The van der Waals surface area contributed by atoms with Gasteiger partial charge in [0.05, 0.1) is 32.3 Å². The number of aliphatic hydroxyl groups is 1. The number of fused-ring (bicyclic) bond motifs is 1. The first kappa shape index (κ1) is 20.4. The predicted molar refractivity (Wildman–Crippen MR) is 108 cm³/mol. The molecule has 0 radical (unpaired) electrons. The van der Waals surface area contributed by atoms with Gasteiger partial charge in [-0.05, 0) is 30.2 Å². The minimum atomic E-state index is -0.828. The Bertz CT molecular complexity index is 1070. The monoisotopic (exact) mass is 397 g/mol. The SMILES string of the molecule is COc1ccc2c(C)c(CC(=O)NC[C@H](O)c3ccccc3)c(=O)oc2c1OC. The molecule has 1 aromatic heterocycles. The standard InChI is InChI=1S/C22H23NO6/c1-13-15-9-10-18(27-2)21(28-3)20(15)29-22(26)16(13)11-19(25)23-12-17(24)14-7-5-4-6-8-14/h4-10,17,24H,11-12H2,1-3H3,(H,23,25)/t17-/m0/s1. The van der Waals surface area contributed by atoms with Crippen molar-refractivity contribution in [2.75, 3.05) is 20.8 Å². The summed E-state index contributed by atoms with van der Waals surface area (Å²) in [6.07, 6.45) is -0.981. The molecule has 2 N–H and O–H groups in total. The van der Waals surface area contributed by atoms with Crippen molar-refractivity contribution < 1.29 is 23.8 Å². The fourth-order valence-corrected chi connectivity index (χ4v) is 3.20. The number of carbonyl (C=O) groups excluding carboxylic acids is 1. The van der Waals surface area contributed by atoms with E-state index in [2.05, 4.69) is 5.32 Å². The summed E-state index contributed by atoms with van der Waals surface area (Å²) in [6.45, 7) is 1.80.